The van der Waals surface area contributed by atoms with E-state index in [1.807, 2.05) is 29.2 Å². The lowest BCUT2D eigenvalue weighted by atomic mass is 10.1. The quantitative estimate of drug-likeness (QED) is 0.901. The van der Waals surface area contributed by atoms with Gasteiger partial charge in [0.1, 0.15) is 0 Å². The molecule has 0 radical (unpaired) electrons. The van der Waals surface area contributed by atoms with E-state index in [1.165, 1.54) is 37.4 Å². The first kappa shape index (κ1) is 16.9. The molecule has 0 bridgehead atoms. The Balaban J connectivity index is 1.31. The molecule has 1 aromatic carbocycles. The number of thioether (sulfide) groups is 1. The molecule has 1 unspecified atom stereocenters. The van der Waals surface area contributed by atoms with Gasteiger partial charge in [-0.15, -0.1) is 11.8 Å². The van der Waals surface area contributed by atoms with Gasteiger partial charge in [-0.2, -0.15) is 0 Å². The van der Waals surface area contributed by atoms with Crippen LogP contribution < -0.4 is 5.32 Å². The highest BCUT2D eigenvalue weighted by molar-refractivity contribution is 8.01. The Morgan fingerprint density at radius 1 is 1.12 bits per heavy atom. The van der Waals surface area contributed by atoms with Crippen LogP contribution in [0.25, 0.3) is 0 Å². The molecular formula is C19H25N3O2S. The first-order valence-corrected chi connectivity index (χ1v) is 10.2. The molecule has 2 amide bonds. The molecule has 134 valence electrons. The molecule has 1 N–H and O–H groups in total. The lowest BCUT2D eigenvalue weighted by molar-refractivity contribution is -0.134. The first-order valence-electron chi connectivity index (χ1n) is 9.29. The number of benzene rings is 1. The number of rotatable bonds is 3. The zero-order chi connectivity index (χ0) is 17.2. The van der Waals surface area contributed by atoms with Crippen molar-refractivity contribution in [2.24, 2.45) is 0 Å². The van der Waals surface area contributed by atoms with Gasteiger partial charge in [0, 0.05) is 43.5 Å². The van der Waals surface area contributed by atoms with Crippen molar-refractivity contribution in [3.63, 3.8) is 0 Å². The molecule has 2 aliphatic heterocycles. The molecule has 0 aromatic heterocycles. The zero-order valence-corrected chi connectivity index (χ0v) is 15.3. The van der Waals surface area contributed by atoms with E-state index in [4.69, 9.17) is 0 Å². The third-order valence-electron chi connectivity index (χ3n) is 5.57. The highest BCUT2D eigenvalue weighted by Crippen LogP contribution is 2.36. The van der Waals surface area contributed by atoms with Crippen molar-refractivity contribution in [2.45, 2.75) is 48.3 Å². The molecule has 6 heteroatoms. The van der Waals surface area contributed by atoms with Gasteiger partial charge < -0.3 is 10.2 Å². The molecule has 5 nitrogen and oxygen atoms in total. The average molecular weight is 359 g/mol. The fraction of sp³-hybridized carbons (Fsp3) is 0.579. The smallest absolute Gasteiger partial charge is 0.238 e. The number of hydrogen-bond acceptors (Lipinski definition) is 4. The largest absolute Gasteiger partial charge is 0.340 e. The lowest BCUT2D eigenvalue weighted by Crippen LogP contribution is -2.52. The van der Waals surface area contributed by atoms with Crippen LogP contribution in [0.3, 0.4) is 0 Å². The minimum absolute atomic E-state index is 0.0540. The Hall–Kier alpha value is -1.53. The molecule has 1 aliphatic carbocycles. The van der Waals surface area contributed by atoms with E-state index in [0.29, 0.717) is 0 Å². The van der Waals surface area contributed by atoms with Gasteiger partial charge in [0.25, 0.3) is 0 Å². The molecule has 4 rings (SSSR count). The summed E-state index contributed by atoms with van der Waals surface area (Å²) in [4.78, 5) is 30.5. The van der Waals surface area contributed by atoms with Gasteiger partial charge in [0.15, 0.2) is 0 Å². The second-order valence-corrected chi connectivity index (χ2v) is 8.40. The highest BCUT2D eigenvalue weighted by Gasteiger charge is 2.32. The second kappa shape index (κ2) is 7.38. The summed E-state index contributed by atoms with van der Waals surface area (Å²) in [7, 11) is 0. The van der Waals surface area contributed by atoms with E-state index in [2.05, 4.69) is 10.2 Å². The number of carbonyl (C=O) groups excluding carboxylic acids is 2. The number of nitrogens with one attached hydrogen (secondary N) is 1. The van der Waals surface area contributed by atoms with Gasteiger partial charge in [-0.25, -0.2) is 0 Å². The van der Waals surface area contributed by atoms with E-state index < -0.39 is 0 Å². The number of fused-ring (bicyclic) bond motifs is 1. The van der Waals surface area contributed by atoms with Gasteiger partial charge in [-0.3, -0.25) is 14.5 Å². The minimum Gasteiger partial charge on any atom is -0.340 e. The fourth-order valence-corrected chi connectivity index (χ4v) is 5.22. The fourth-order valence-electron chi connectivity index (χ4n) is 4.12. The molecule has 1 aromatic rings. The number of hydrogen-bond donors (Lipinski definition) is 1. The maximum absolute atomic E-state index is 12.7. The van der Waals surface area contributed by atoms with E-state index in [-0.39, 0.29) is 23.5 Å². The number of para-hydroxylation sites is 1. The molecule has 25 heavy (non-hydrogen) atoms. The predicted octanol–water partition coefficient (Wildman–Crippen LogP) is 2.58. The van der Waals surface area contributed by atoms with Crippen molar-refractivity contribution in [2.75, 3.05) is 31.5 Å². The number of anilines is 1. The van der Waals surface area contributed by atoms with Gasteiger partial charge in [-0.1, -0.05) is 25.0 Å². The molecule has 2 heterocycles. The standard InChI is InChI=1S/C19H25N3O2S/c23-18(22-11-9-21(10-12-22)14-5-1-2-6-14)13-17-19(24)20-15-7-3-4-8-16(15)25-17/h3-4,7-8,14,17H,1-2,5-6,9-13H2,(H,20,24). The Kier molecular flexibility index (Phi) is 4.99. The van der Waals surface area contributed by atoms with Gasteiger partial charge >= 0.3 is 0 Å². The summed E-state index contributed by atoms with van der Waals surface area (Å²) in [6, 6.07) is 8.51. The van der Waals surface area contributed by atoms with Crippen LogP contribution in [0.5, 0.6) is 0 Å². The van der Waals surface area contributed by atoms with Crippen LogP contribution in [0.4, 0.5) is 5.69 Å². The summed E-state index contributed by atoms with van der Waals surface area (Å²) in [6.07, 6.45) is 5.60. The Morgan fingerprint density at radius 3 is 2.60 bits per heavy atom. The number of nitrogens with zero attached hydrogens (tertiary/aromatic N) is 2. The van der Waals surface area contributed by atoms with Crippen LogP contribution >= 0.6 is 11.8 Å². The van der Waals surface area contributed by atoms with Crippen LogP contribution in [0.1, 0.15) is 32.1 Å². The monoisotopic (exact) mass is 359 g/mol. The van der Waals surface area contributed by atoms with Crippen molar-refractivity contribution >= 4 is 29.3 Å². The summed E-state index contributed by atoms with van der Waals surface area (Å²) in [5.74, 6) is 0.0553. The number of carbonyl (C=O) groups is 2. The van der Waals surface area contributed by atoms with E-state index in [9.17, 15) is 9.59 Å². The predicted molar refractivity (Wildman–Crippen MR) is 99.7 cm³/mol. The molecule has 1 saturated carbocycles. The SMILES string of the molecule is O=C1Nc2ccccc2SC1CC(=O)N1CCN(C2CCCC2)CC1. The van der Waals surface area contributed by atoms with Crippen molar-refractivity contribution in [3.05, 3.63) is 24.3 Å². The maximum atomic E-state index is 12.7. The van der Waals surface area contributed by atoms with Crippen LogP contribution in [-0.4, -0.2) is 59.1 Å². The topological polar surface area (TPSA) is 52.7 Å². The van der Waals surface area contributed by atoms with Gasteiger partial charge in [0.05, 0.1) is 10.9 Å². The van der Waals surface area contributed by atoms with Crippen LogP contribution in [0.15, 0.2) is 29.2 Å². The van der Waals surface area contributed by atoms with Crippen molar-refractivity contribution in [1.82, 2.24) is 9.80 Å². The third-order valence-corrected chi connectivity index (χ3v) is 6.85. The Labute approximate surface area is 153 Å². The van der Waals surface area contributed by atoms with Gasteiger partial charge in [0.2, 0.25) is 11.8 Å². The first-order chi connectivity index (χ1) is 12.2. The normalized spacial score (nSPS) is 24.9. The second-order valence-electron chi connectivity index (χ2n) is 7.15. The number of amides is 2. The zero-order valence-electron chi connectivity index (χ0n) is 14.4. The molecular weight excluding hydrogens is 334 g/mol. The number of piperazine rings is 1. The maximum Gasteiger partial charge on any atom is 0.238 e. The molecule has 3 aliphatic rings. The summed E-state index contributed by atoms with van der Waals surface area (Å²) in [5.41, 5.74) is 0.853. The Morgan fingerprint density at radius 2 is 1.84 bits per heavy atom. The minimum atomic E-state index is -0.324. The molecule has 1 saturated heterocycles. The summed E-state index contributed by atoms with van der Waals surface area (Å²) in [5, 5.41) is 2.60. The summed E-state index contributed by atoms with van der Waals surface area (Å²) >= 11 is 1.51. The van der Waals surface area contributed by atoms with Crippen LogP contribution in [-0.2, 0) is 9.59 Å². The van der Waals surface area contributed by atoms with E-state index in [1.54, 1.807) is 0 Å². The van der Waals surface area contributed by atoms with Gasteiger partial charge in [-0.05, 0) is 25.0 Å². The third kappa shape index (κ3) is 3.70. The Bertz CT molecular complexity index is 652. The molecule has 2 fully saturated rings. The van der Waals surface area contributed by atoms with Crippen molar-refractivity contribution in [3.8, 4) is 0 Å². The average Bonchev–Trinajstić information content (AvgIpc) is 3.17. The van der Waals surface area contributed by atoms with E-state index >= 15 is 0 Å². The summed E-state index contributed by atoms with van der Waals surface area (Å²) < 4.78 is 0. The van der Waals surface area contributed by atoms with Crippen molar-refractivity contribution in [1.29, 1.82) is 0 Å². The highest BCUT2D eigenvalue weighted by atomic mass is 32.2. The van der Waals surface area contributed by atoms with E-state index in [0.717, 1.165) is 42.8 Å². The molecule has 0 spiro atoms. The van der Waals surface area contributed by atoms with Crippen LogP contribution in [0, 0.1) is 0 Å². The molecule has 1 atom stereocenters. The van der Waals surface area contributed by atoms with Crippen molar-refractivity contribution < 1.29 is 9.59 Å². The summed E-state index contributed by atoms with van der Waals surface area (Å²) in [6.45, 7) is 3.54. The van der Waals surface area contributed by atoms with Crippen LogP contribution in [0.2, 0.25) is 0 Å². The lowest BCUT2D eigenvalue weighted by Gasteiger charge is -2.38.